The van der Waals surface area contributed by atoms with Crippen LogP contribution in [0.4, 0.5) is 4.79 Å². The van der Waals surface area contributed by atoms with Gasteiger partial charge in [0.1, 0.15) is 6.04 Å². The zero-order valence-electron chi connectivity index (χ0n) is 9.63. The third-order valence-corrected chi connectivity index (χ3v) is 2.29. The molecular weight excluding hydrogens is 250 g/mol. The summed E-state index contributed by atoms with van der Waals surface area (Å²) in [6.07, 6.45) is 0. The molecule has 0 aliphatic carbocycles. The first-order valence-corrected chi connectivity index (χ1v) is 5.81. The summed E-state index contributed by atoms with van der Waals surface area (Å²) in [4.78, 5) is 32.5. The zero-order chi connectivity index (χ0) is 13.3. The van der Waals surface area contributed by atoms with Gasteiger partial charge in [0, 0.05) is 12.7 Å². The van der Waals surface area contributed by atoms with Crippen molar-refractivity contribution < 1.29 is 28.6 Å². The van der Waals surface area contributed by atoms with Crippen LogP contribution in [0.3, 0.4) is 0 Å². The van der Waals surface area contributed by atoms with Crippen LogP contribution in [0, 0.1) is 0 Å². The maximum atomic E-state index is 11.1. The molecule has 17 heavy (non-hydrogen) atoms. The van der Waals surface area contributed by atoms with Crippen LogP contribution in [0.2, 0.25) is 0 Å². The van der Waals surface area contributed by atoms with Crippen molar-refractivity contribution in [1.29, 1.82) is 0 Å². The third-order valence-electron chi connectivity index (χ3n) is 1.41. The lowest BCUT2D eigenvalue weighted by Crippen LogP contribution is -2.35. The number of hydrogen-bond donors (Lipinski definition) is 1. The summed E-state index contributed by atoms with van der Waals surface area (Å²) < 4.78 is 13.6. The van der Waals surface area contributed by atoms with E-state index >= 15 is 0 Å². The summed E-state index contributed by atoms with van der Waals surface area (Å²) in [6.45, 7) is 2.63. The highest BCUT2D eigenvalue weighted by atomic mass is 32.2. The third kappa shape index (κ3) is 8.52. The minimum absolute atomic E-state index is 0.0394. The van der Waals surface area contributed by atoms with Crippen molar-refractivity contribution in [3.63, 3.8) is 0 Å². The molecule has 0 bridgehead atoms. The van der Waals surface area contributed by atoms with Crippen LogP contribution in [0.5, 0.6) is 0 Å². The SMILES string of the molecule is CCOC(=O)[C@@H](N)CSC(=O)OCOC(C)=O. The van der Waals surface area contributed by atoms with E-state index in [2.05, 4.69) is 14.2 Å². The maximum absolute atomic E-state index is 11.1. The van der Waals surface area contributed by atoms with Crippen molar-refractivity contribution in [3.05, 3.63) is 0 Å². The fourth-order valence-corrected chi connectivity index (χ4v) is 1.26. The Morgan fingerprint density at radius 2 is 1.88 bits per heavy atom. The standard InChI is InChI=1S/C9H15NO6S/c1-3-14-8(12)7(10)4-17-9(13)16-5-15-6(2)11/h7H,3-5,10H2,1-2H3/t7-/m0/s1. The normalized spacial score (nSPS) is 11.5. The Hall–Kier alpha value is -1.28. The van der Waals surface area contributed by atoms with Crippen molar-refractivity contribution in [2.45, 2.75) is 19.9 Å². The van der Waals surface area contributed by atoms with Crippen LogP contribution in [0.15, 0.2) is 0 Å². The molecule has 0 spiro atoms. The Morgan fingerprint density at radius 3 is 2.41 bits per heavy atom. The average molecular weight is 265 g/mol. The van der Waals surface area contributed by atoms with Gasteiger partial charge in [-0.05, 0) is 18.7 Å². The molecule has 0 aliphatic rings. The number of carbonyl (C=O) groups excluding carboxylic acids is 3. The molecule has 0 aromatic heterocycles. The second-order valence-electron chi connectivity index (χ2n) is 2.82. The van der Waals surface area contributed by atoms with Gasteiger partial charge in [0.2, 0.25) is 6.79 Å². The molecule has 0 unspecified atom stereocenters. The first kappa shape index (κ1) is 15.7. The Bertz CT molecular complexity index is 283. The first-order chi connectivity index (χ1) is 7.97. The molecule has 0 aromatic rings. The summed E-state index contributed by atoms with van der Waals surface area (Å²) >= 11 is 0.712. The summed E-state index contributed by atoms with van der Waals surface area (Å²) in [5.41, 5.74) is 5.44. The highest BCUT2D eigenvalue weighted by Crippen LogP contribution is 2.07. The predicted octanol–water partition coefficient (Wildman–Crippen LogP) is 0.267. The lowest BCUT2D eigenvalue weighted by molar-refractivity contribution is -0.148. The fourth-order valence-electron chi connectivity index (χ4n) is 0.677. The van der Waals surface area contributed by atoms with E-state index in [-0.39, 0.29) is 12.4 Å². The van der Waals surface area contributed by atoms with E-state index in [1.807, 2.05) is 0 Å². The number of nitrogens with two attached hydrogens (primary N) is 1. The van der Waals surface area contributed by atoms with Gasteiger partial charge >= 0.3 is 17.2 Å². The molecule has 0 aromatic carbocycles. The molecule has 0 saturated carbocycles. The molecule has 0 heterocycles. The van der Waals surface area contributed by atoms with Crippen LogP contribution >= 0.6 is 11.8 Å². The topological polar surface area (TPSA) is 105 Å². The summed E-state index contributed by atoms with van der Waals surface area (Å²) in [5, 5.41) is -0.675. The minimum Gasteiger partial charge on any atom is -0.465 e. The van der Waals surface area contributed by atoms with Crippen LogP contribution in [-0.2, 0) is 23.8 Å². The number of hydrogen-bond acceptors (Lipinski definition) is 8. The van der Waals surface area contributed by atoms with Crippen LogP contribution in [0.1, 0.15) is 13.8 Å². The quantitative estimate of drug-likeness (QED) is 0.539. The van der Waals surface area contributed by atoms with E-state index in [9.17, 15) is 14.4 Å². The number of thioether (sulfide) groups is 1. The molecule has 0 amide bonds. The van der Waals surface area contributed by atoms with Crippen LogP contribution < -0.4 is 5.73 Å². The Morgan fingerprint density at radius 1 is 1.24 bits per heavy atom. The number of rotatable bonds is 6. The molecule has 0 radical (unpaired) electrons. The van der Waals surface area contributed by atoms with Gasteiger partial charge in [-0.3, -0.25) is 9.59 Å². The Balaban J connectivity index is 3.69. The van der Waals surface area contributed by atoms with Crippen molar-refractivity contribution in [2.24, 2.45) is 5.73 Å². The van der Waals surface area contributed by atoms with Gasteiger partial charge in [-0.25, -0.2) is 4.79 Å². The van der Waals surface area contributed by atoms with E-state index in [1.165, 1.54) is 6.92 Å². The average Bonchev–Trinajstić information content (AvgIpc) is 2.25. The zero-order valence-corrected chi connectivity index (χ0v) is 10.5. The van der Waals surface area contributed by atoms with Gasteiger partial charge in [0.05, 0.1) is 6.61 Å². The van der Waals surface area contributed by atoms with Crippen molar-refractivity contribution in [1.82, 2.24) is 0 Å². The fraction of sp³-hybridized carbons (Fsp3) is 0.667. The van der Waals surface area contributed by atoms with Crippen molar-refractivity contribution in [2.75, 3.05) is 19.2 Å². The van der Waals surface area contributed by atoms with Crippen LogP contribution in [0.25, 0.3) is 0 Å². The minimum atomic E-state index is -0.888. The first-order valence-electron chi connectivity index (χ1n) is 4.82. The van der Waals surface area contributed by atoms with E-state index in [4.69, 9.17) is 5.73 Å². The molecule has 7 nitrogen and oxygen atoms in total. The highest BCUT2D eigenvalue weighted by Gasteiger charge is 2.17. The maximum Gasteiger partial charge on any atom is 0.370 e. The second-order valence-corrected chi connectivity index (χ2v) is 3.77. The second kappa shape index (κ2) is 8.82. The molecule has 1 atom stereocenters. The Kier molecular flexibility index (Phi) is 8.16. The van der Waals surface area contributed by atoms with Gasteiger partial charge < -0.3 is 19.9 Å². The smallest absolute Gasteiger partial charge is 0.370 e. The van der Waals surface area contributed by atoms with Crippen molar-refractivity contribution in [3.8, 4) is 0 Å². The molecule has 98 valence electrons. The molecular formula is C9H15NO6S. The van der Waals surface area contributed by atoms with E-state index in [1.54, 1.807) is 6.92 Å². The van der Waals surface area contributed by atoms with Gasteiger partial charge in [0.15, 0.2) is 0 Å². The molecule has 0 aliphatic heterocycles. The highest BCUT2D eigenvalue weighted by molar-refractivity contribution is 8.13. The van der Waals surface area contributed by atoms with Gasteiger partial charge in [-0.1, -0.05) is 0 Å². The monoisotopic (exact) mass is 265 g/mol. The molecule has 0 rings (SSSR count). The lowest BCUT2D eigenvalue weighted by Gasteiger charge is -2.09. The molecule has 0 saturated heterocycles. The molecule has 2 N–H and O–H groups in total. The number of carbonyl (C=O) groups is 3. The molecule has 8 heteroatoms. The van der Waals surface area contributed by atoms with Crippen molar-refractivity contribution >= 4 is 29.0 Å². The Labute approximate surface area is 103 Å². The summed E-state index contributed by atoms with van der Waals surface area (Å²) in [6, 6.07) is -0.888. The lowest BCUT2D eigenvalue weighted by atomic mass is 10.4. The van der Waals surface area contributed by atoms with E-state index in [0.717, 1.165) is 0 Å². The predicted molar refractivity (Wildman–Crippen MR) is 60.2 cm³/mol. The van der Waals surface area contributed by atoms with Gasteiger partial charge in [0.25, 0.3) is 0 Å². The van der Waals surface area contributed by atoms with E-state index < -0.39 is 30.1 Å². The summed E-state index contributed by atoms with van der Waals surface area (Å²) in [7, 11) is 0. The number of ether oxygens (including phenoxy) is 3. The summed E-state index contributed by atoms with van der Waals surface area (Å²) in [5.74, 6) is -1.09. The largest absolute Gasteiger partial charge is 0.465 e. The van der Waals surface area contributed by atoms with E-state index in [0.29, 0.717) is 11.8 Å². The van der Waals surface area contributed by atoms with Gasteiger partial charge in [-0.2, -0.15) is 0 Å². The van der Waals surface area contributed by atoms with Crippen LogP contribution in [-0.4, -0.2) is 42.4 Å². The number of esters is 2. The van der Waals surface area contributed by atoms with Gasteiger partial charge in [-0.15, -0.1) is 0 Å². The molecule has 0 fully saturated rings.